The van der Waals surface area contributed by atoms with E-state index in [1.165, 1.54) is 38.5 Å². The number of rotatable bonds is 2. The van der Waals surface area contributed by atoms with Crippen molar-refractivity contribution >= 4 is 5.82 Å². The average Bonchev–Trinajstić information content (AvgIpc) is 2.83. The number of hydrogen-bond donors (Lipinski definition) is 1. The highest BCUT2D eigenvalue weighted by Crippen LogP contribution is 2.44. The van der Waals surface area contributed by atoms with Crippen LogP contribution in [-0.4, -0.2) is 23.2 Å². The van der Waals surface area contributed by atoms with Gasteiger partial charge >= 0.3 is 0 Å². The molecule has 1 aliphatic carbocycles. The molecule has 2 aliphatic rings. The lowest BCUT2D eigenvalue weighted by molar-refractivity contribution is 0.219. The molecule has 1 N–H and O–H groups in total. The van der Waals surface area contributed by atoms with Crippen LogP contribution in [0, 0.1) is 5.41 Å². The first-order chi connectivity index (χ1) is 8.81. The molecule has 1 aliphatic heterocycles. The molecule has 0 unspecified atom stereocenters. The van der Waals surface area contributed by atoms with Crippen LogP contribution in [0.4, 0.5) is 5.82 Å². The third-order valence-electron chi connectivity index (χ3n) is 4.63. The fourth-order valence-corrected chi connectivity index (χ4v) is 3.57. The highest BCUT2D eigenvalue weighted by Gasteiger charge is 2.39. The first-order valence-corrected chi connectivity index (χ1v) is 7.13. The van der Waals surface area contributed by atoms with E-state index < -0.39 is 0 Å². The maximum atomic E-state index is 9.17. The minimum atomic E-state index is 0.0345. The zero-order valence-electron chi connectivity index (χ0n) is 10.9. The van der Waals surface area contributed by atoms with Gasteiger partial charge in [0.15, 0.2) is 0 Å². The van der Waals surface area contributed by atoms with Crippen molar-refractivity contribution in [2.45, 2.75) is 45.1 Å². The van der Waals surface area contributed by atoms with E-state index >= 15 is 0 Å². The van der Waals surface area contributed by atoms with E-state index in [9.17, 15) is 0 Å². The van der Waals surface area contributed by atoms with E-state index in [4.69, 9.17) is 5.11 Å². The first-order valence-electron chi connectivity index (χ1n) is 7.13. The van der Waals surface area contributed by atoms with Crippen LogP contribution in [0.2, 0.25) is 0 Å². The van der Waals surface area contributed by atoms with Crippen molar-refractivity contribution in [3.05, 3.63) is 23.9 Å². The molecule has 1 saturated heterocycles. The van der Waals surface area contributed by atoms with Crippen LogP contribution >= 0.6 is 0 Å². The second-order valence-corrected chi connectivity index (χ2v) is 5.88. The number of anilines is 1. The van der Waals surface area contributed by atoms with Crippen molar-refractivity contribution in [3.63, 3.8) is 0 Å². The zero-order valence-corrected chi connectivity index (χ0v) is 10.9. The molecule has 3 nitrogen and oxygen atoms in total. The third-order valence-corrected chi connectivity index (χ3v) is 4.63. The predicted molar refractivity (Wildman–Crippen MR) is 72.5 cm³/mol. The Morgan fingerprint density at radius 3 is 2.78 bits per heavy atom. The lowest BCUT2D eigenvalue weighted by Crippen LogP contribution is -2.29. The number of pyridine rings is 1. The van der Waals surface area contributed by atoms with Gasteiger partial charge in [-0.25, -0.2) is 4.98 Å². The number of aliphatic hydroxyl groups is 1. The molecule has 3 rings (SSSR count). The van der Waals surface area contributed by atoms with Gasteiger partial charge in [0.25, 0.3) is 0 Å². The molecule has 18 heavy (non-hydrogen) atoms. The Morgan fingerprint density at radius 1 is 1.17 bits per heavy atom. The van der Waals surface area contributed by atoms with Gasteiger partial charge in [0.1, 0.15) is 5.82 Å². The Kier molecular flexibility index (Phi) is 3.25. The molecule has 0 bridgehead atoms. The SMILES string of the molecule is OCc1cccc(N2CCC3(CCCCC3)C2)n1. The summed E-state index contributed by atoms with van der Waals surface area (Å²) in [7, 11) is 0. The van der Waals surface area contributed by atoms with Gasteiger partial charge in [-0.05, 0) is 36.8 Å². The second-order valence-electron chi connectivity index (χ2n) is 5.88. The summed E-state index contributed by atoms with van der Waals surface area (Å²) in [5.74, 6) is 1.05. The molecule has 2 fully saturated rings. The topological polar surface area (TPSA) is 36.4 Å². The highest BCUT2D eigenvalue weighted by molar-refractivity contribution is 5.41. The summed E-state index contributed by atoms with van der Waals surface area (Å²) in [4.78, 5) is 6.93. The fourth-order valence-electron chi connectivity index (χ4n) is 3.57. The van der Waals surface area contributed by atoms with Crippen molar-refractivity contribution < 1.29 is 5.11 Å². The van der Waals surface area contributed by atoms with Gasteiger partial charge in [0.2, 0.25) is 0 Å². The van der Waals surface area contributed by atoms with Crippen molar-refractivity contribution in [1.82, 2.24) is 4.98 Å². The fraction of sp³-hybridized carbons (Fsp3) is 0.667. The number of nitrogens with zero attached hydrogens (tertiary/aromatic N) is 2. The molecule has 1 aromatic rings. The Bertz CT molecular complexity index is 413. The third kappa shape index (κ3) is 2.24. The highest BCUT2D eigenvalue weighted by atomic mass is 16.3. The van der Waals surface area contributed by atoms with Crippen molar-refractivity contribution in [1.29, 1.82) is 0 Å². The summed E-state index contributed by atoms with van der Waals surface area (Å²) in [5.41, 5.74) is 1.34. The standard InChI is InChI=1S/C15H22N2O/c18-11-13-5-4-6-14(16-13)17-10-9-15(12-17)7-2-1-3-8-15/h4-6,18H,1-3,7-12H2. The molecule has 1 spiro atoms. The van der Waals surface area contributed by atoms with Crippen molar-refractivity contribution in [2.75, 3.05) is 18.0 Å². The van der Waals surface area contributed by atoms with Gasteiger partial charge in [-0.1, -0.05) is 25.3 Å². The lowest BCUT2D eigenvalue weighted by atomic mass is 9.73. The van der Waals surface area contributed by atoms with Crippen molar-refractivity contribution in [3.8, 4) is 0 Å². The van der Waals surface area contributed by atoms with E-state index in [0.717, 1.165) is 24.6 Å². The number of hydrogen-bond acceptors (Lipinski definition) is 3. The van der Waals surface area contributed by atoms with Crippen LogP contribution in [0.5, 0.6) is 0 Å². The second kappa shape index (κ2) is 4.88. The summed E-state index contributed by atoms with van der Waals surface area (Å²) < 4.78 is 0. The van der Waals surface area contributed by atoms with Crippen LogP contribution in [-0.2, 0) is 6.61 Å². The summed E-state index contributed by atoms with van der Waals surface area (Å²) in [5, 5.41) is 9.17. The van der Waals surface area contributed by atoms with Crippen LogP contribution in [0.1, 0.15) is 44.2 Å². The van der Waals surface area contributed by atoms with E-state index in [2.05, 4.69) is 16.0 Å². The minimum absolute atomic E-state index is 0.0345. The molecule has 0 amide bonds. The molecule has 0 atom stereocenters. The molecule has 98 valence electrons. The molecular formula is C15H22N2O. The number of aromatic nitrogens is 1. The van der Waals surface area contributed by atoms with Crippen LogP contribution in [0.3, 0.4) is 0 Å². The Labute approximate surface area is 109 Å². The molecular weight excluding hydrogens is 224 g/mol. The predicted octanol–water partition coefficient (Wildman–Crippen LogP) is 2.73. The maximum absolute atomic E-state index is 9.17. The van der Waals surface area contributed by atoms with Crippen molar-refractivity contribution in [2.24, 2.45) is 5.41 Å². The van der Waals surface area contributed by atoms with Crippen LogP contribution in [0.15, 0.2) is 18.2 Å². The largest absolute Gasteiger partial charge is 0.390 e. The van der Waals surface area contributed by atoms with Gasteiger partial charge in [-0.2, -0.15) is 0 Å². The normalized spacial score (nSPS) is 22.6. The molecule has 1 aromatic heterocycles. The minimum Gasteiger partial charge on any atom is -0.390 e. The Morgan fingerprint density at radius 2 is 2.00 bits per heavy atom. The van der Waals surface area contributed by atoms with Gasteiger partial charge in [0.05, 0.1) is 12.3 Å². The molecule has 0 radical (unpaired) electrons. The maximum Gasteiger partial charge on any atom is 0.128 e. The smallest absolute Gasteiger partial charge is 0.128 e. The Balaban J connectivity index is 1.74. The molecule has 1 saturated carbocycles. The summed E-state index contributed by atoms with van der Waals surface area (Å²) in [6, 6.07) is 5.96. The number of aliphatic hydroxyl groups excluding tert-OH is 1. The van der Waals surface area contributed by atoms with Gasteiger partial charge in [-0.3, -0.25) is 0 Å². The first kappa shape index (κ1) is 12.0. The van der Waals surface area contributed by atoms with Crippen LogP contribution in [0.25, 0.3) is 0 Å². The van der Waals surface area contributed by atoms with Gasteiger partial charge in [-0.15, -0.1) is 0 Å². The van der Waals surface area contributed by atoms with E-state index in [1.54, 1.807) is 0 Å². The van der Waals surface area contributed by atoms with Gasteiger partial charge < -0.3 is 10.0 Å². The quantitative estimate of drug-likeness (QED) is 0.871. The molecule has 3 heteroatoms. The van der Waals surface area contributed by atoms with E-state index in [1.807, 2.05) is 12.1 Å². The average molecular weight is 246 g/mol. The summed E-state index contributed by atoms with van der Waals surface area (Å²) in [6.07, 6.45) is 8.32. The molecule has 0 aromatic carbocycles. The van der Waals surface area contributed by atoms with E-state index in [0.29, 0.717) is 5.41 Å². The van der Waals surface area contributed by atoms with E-state index in [-0.39, 0.29) is 6.61 Å². The zero-order chi connectivity index (χ0) is 12.4. The summed E-state index contributed by atoms with van der Waals surface area (Å²) >= 11 is 0. The molecule has 2 heterocycles. The monoisotopic (exact) mass is 246 g/mol. The van der Waals surface area contributed by atoms with Crippen LogP contribution < -0.4 is 4.90 Å². The Hall–Kier alpha value is -1.09. The summed E-state index contributed by atoms with van der Waals surface area (Å²) in [6.45, 7) is 2.32. The lowest BCUT2D eigenvalue weighted by Gasteiger charge is -2.33. The van der Waals surface area contributed by atoms with Gasteiger partial charge in [0, 0.05) is 13.1 Å².